The number of nitrogens with one attached hydrogen (secondary N) is 2. The number of aromatic nitrogens is 1. The molecule has 4 N–H and O–H groups in total. The Bertz CT molecular complexity index is 912. The van der Waals surface area contributed by atoms with Gasteiger partial charge in [-0.1, -0.05) is 11.6 Å². The summed E-state index contributed by atoms with van der Waals surface area (Å²) in [6, 6.07) is 0.269. The lowest BCUT2D eigenvalue weighted by Gasteiger charge is -2.26. The lowest BCUT2D eigenvalue weighted by molar-refractivity contribution is 0.0758. The molecule has 2 aromatic rings. The van der Waals surface area contributed by atoms with Crippen LogP contribution >= 0.6 is 22.9 Å². The zero-order chi connectivity index (χ0) is 21.1. The maximum absolute atomic E-state index is 12.5. The van der Waals surface area contributed by atoms with Crippen molar-refractivity contribution in [2.45, 2.75) is 25.8 Å². The van der Waals surface area contributed by atoms with Crippen LogP contribution in [0.5, 0.6) is 5.88 Å². The zero-order valence-electron chi connectivity index (χ0n) is 17.1. The van der Waals surface area contributed by atoms with Gasteiger partial charge in [0, 0.05) is 44.2 Å². The van der Waals surface area contributed by atoms with Crippen molar-refractivity contribution in [3.63, 3.8) is 0 Å². The molecular weight excluding hydrogens is 426 g/mol. The number of aryl methyl sites for hydroxylation is 1. The summed E-state index contributed by atoms with van der Waals surface area (Å²) in [4.78, 5) is 20.5. The molecule has 0 aromatic carbocycles. The molecule has 2 fully saturated rings. The molecule has 0 spiro atoms. The average molecular weight is 454 g/mol. The predicted octanol–water partition coefficient (Wildman–Crippen LogP) is 2.03. The van der Waals surface area contributed by atoms with Gasteiger partial charge in [-0.2, -0.15) is 0 Å². The topological polar surface area (TPSA) is 102 Å². The molecule has 2 aliphatic rings. The van der Waals surface area contributed by atoms with Crippen LogP contribution in [0.25, 0.3) is 10.2 Å². The number of halogens is 1. The number of anilines is 1. The van der Waals surface area contributed by atoms with Gasteiger partial charge in [0.1, 0.15) is 21.3 Å². The minimum absolute atomic E-state index is 0.145. The van der Waals surface area contributed by atoms with Crippen molar-refractivity contribution in [2.75, 3.05) is 58.3 Å². The monoisotopic (exact) mass is 453 g/mol. The SMILES string of the molecule is Cc1c(Cl)c(OCCOCCN2CCNCC2)nc2sc(C(=O)NC3CC3)c(N)c12. The number of nitrogen functional groups attached to an aromatic ring is 1. The van der Waals surface area contributed by atoms with Gasteiger partial charge in [0.2, 0.25) is 5.88 Å². The van der Waals surface area contributed by atoms with E-state index in [9.17, 15) is 4.79 Å². The van der Waals surface area contributed by atoms with Crippen LogP contribution in [0.2, 0.25) is 5.02 Å². The number of rotatable bonds is 9. The lowest BCUT2D eigenvalue weighted by Crippen LogP contribution is -2.44. The van der Waals surface area contributed by atoms with E-state index in [0.717, 1.165) is 56.5 Å². The van der Waals surface area contributed by atoms with Gasteiger partial charge < -0.3 is 25.8 Å². The number of fused-ring (bicyclic) bond motifs is 1. The van der Waals surface area contributed by atoms with Crippen molar-refractivity contribution in [1.82, 2.24) is 20.5 Å². The smallest absolute Gasteiger partial charge is 0.263 e. The van der Waals surface area contributed by atoms with Crippen LogP contribution in [0.15, 0.2) is 0 Å². The molecule has 2 aromatic heterocycles. The van der Waals surface area contributed by atoms with Crippen LogP contribution in [0.4, 0.5) is 5.69 Å². The summed E-state index contributed by atoms with van der Waals surface area (Å²) in [7, 11) is 0. The highest BCUT2D eigenvalue weighted by Crippen LogP contribution is 2.40. The molecule has 3 heterocycles. The number of amides is 1. The highest BCUT2D eigenvalue weighted by molar-refractivity contribution is 7.21. The molecule has 1 aliphatic heterocycles. The van der Waals surface area contributed by atoms with Crippen molar-refractivity contribution in [1.29, 1.82) is 0 Å². The molecule has 0 bridgehead atoms. The number of nitrogens with zero attached hydrogens (tertiary/aromatic N) is 2. The Morgan fingerprint density at radius 1 is 1.33 bits per heavy atom. The number of nitrogens with two attached hydrogens (primary N) is 1. The average Bonchev–Trinajstić information content (AvgIpc) is 3.49. The van der Waals surface area contributed by atoms with E-state index >= 15 is 0 Å². The van der Waals surface area contributed by atoms with Gasteiger partial charge in [0.25, 0.3) is 5.91 Å². The molecule has 8 nitrogen and oxygen atoms in total. The normalized spacial score (nSPS) is 17.4. The van der Waals surface area contributed by atoms with E-state index < -0.39 is 0 Å². The maximum Gasteiger partial charge on any atom is 0.263 e. The van der Waals surface area contributed by atoms with E-state index in [1.54, 1.807) is 0 Å². The van der Waals surface area contributed by atoms with E-state index in [1.165, 1.54) is 11.3 Å². The van der Waals surface area contributed by atoms with Gasteiger partial charge in [-0.15, -0.1) is 11.3 Å². The molecule has 30 heavy (non-hydrogen) atoms. The summed E-state index contributed by atoms with van der Waals surface area (Å²) in [6.45, 7) is 8.47. The molecular formula is C20H28ClN5O3S. The highest BCUT2D eigenvalue weighted by Gasteiger charge is 2.27. The minimum Gasteiger partial charge on any atom is -0.474 e. The van der Waals surface area contributed by atoms with E-state index in [4.69, 9.17) is 26.8 Å². The molecule has 0 unspecified atom stereocenters. The van der Waals surface area contributed by atoms with E-state index in [0.29, 0.717) is 46.1 Å². The molecule has 1 saturated heterocycles. The van der Waals surface area contributed by atoms with Crippen LogP contribution in [0.3, 0.4) is 0 Å². The van der Waals surface area contributed by atoms with Gasteiger partial charge in [-0.3, -0.25) is 9.69 Å². The summed E-state index contributed by atoms with van der Waals surface area (Å²) < 4.78 is 11.5. The van der Waals surface area contributed by atoms with E-state index in [2.05, 4.69) is 20.5 Å². The quantitative estimate of drug-likeness (QED) is 0.499. The van der Waals surface area contributed by atoms with Crippen LogP contribution in [-0.2, 0) is 4.74 Å². The number of carbonyl (C=O) groups is 1. The number of hydrogen-bond donors (Lipinski definition) is 3. The molecule has 0 radical (unpaired) electrons. The Kier molecular flexibility index (Phi) is 6.94. The van der Waals surface area contributed by atoms with Gasteiger partial charge in [0.05, 0.1) is 18.9 Å². The second-order valence-electron chi connectivity index (χ2n) is 7.68. The number of piperazine rings is 1. The molecule has 0 atom stereocenters. The number of carbonyl (C=O) groups excluding carboxylic acids is 1. The second kappa shape index (κ2) is 9.65. The maximum atomic E-state index is 12.5. The first-order valence-corrected chi connectivity index (χ1v) is 11.6. The van der Waals surface area contributed by atoms with Gasteiger partial charge in [-0.05, 0) is 25.3 Å². The minimum atomic E-state index is -0.145. The fourth-order valence-electron chi connectivity index (χ4n) is 3.45. The number of thiophene rings is 1. The van der Waals surface area contributed by atoms with Crippen LogP contribution < -0.4 is 21.1 Å². The van der Waals surface area contributed by atoms with Gasteiger partial charge in [0.15, 0.2) is 0 Å². The van der Waals surface area contributed by atoms with Crippen molar-refractivity contribution >= 4 is 44.7 Å². The first-order valence-electron chi connectivity index (χ1n) is 10.4. The fourth-order valence-corrected chi connectivity index (χ4v) is 4.70. The lowest BCUT2D eigenvalue weighted by atomic mass is 10.1. The molecule has 1 saturated carbocycles. The largest absolute Gasteiger partial charge is 0.474 e. The van der Waals surface area contributed by atoms with E-state index in [1.807, 2.05) is 6.92 Å². The summed E-state index contributed by atoms with van der Waals surface area (Å²) in [5.41, 5.74) is 7.46. The van der Waals surface area contributed by atoms with Crippen molar-refractivity contribution in [2.24, 2.45) is 0 Å². The molecule has 4 rings (SSSR count). The Balaban J connectivity index is 1.34. The number of pyridine rings is 1. The molecule has 1 amide bonds. The van der Waals surface area contributed by atoms with E-state index in [-0.39, 0.29) is 11.9 Å². The summed E-state index contributed by atoms with van der Waals surface area (Å²) in [5, 5.41) is 7.46. The molecule has 164 valence electrons. The van der Waals surface area contributed by atoms with Gasteiger partial charge >= 0.3 is 0 Å². The highest BCUT2D eigenvalue weighted by atomic mass is 35.5. The third-order valence-electron chi connectivity index (χ3n) is 5.37. The Morgan fingerprint density at radius 3 is 2.83 bits per heavy atom. The Hall–Kier alpha value is -1.65. The third-order valence-corrected chi connectivity index (χ3v) is 6.91. The third kappa shape index (κ3) is 4.97. The predicted molar refractivity (Wildman–Crippen MR) is 120 cm³/mol. The fraction of sp³-hybridized carbons (Fsp3) is 0.600. The van der Waals surface area contributed by atoms with Crippen LogP contribution in [0, 0.1) is 6.92 Å². The standard InChI is InChI=1S/C20H28ClN5O3S/c1-12-14-16(22)17(18(27)24-13-2-3-13)30-20(14)25-19(15(12)21)29-11-10-28-9-8-26-6-4-23-5-7-26/h13,23H,2-11,22H2,1H3,(H,24,27). The summed E-state index contributed by atoms with van der Waals surface area (Å²) in [5.74, 6) is 0.205. The molecule has 1 aliphatic carbocycles. The number of hydrogen-bond acceptors (Lipinski definition) is 8. The van der Waals surface area contributed by atoms with Crippen molar-refractivity contribution in [3.8, 4) is 5.88 Å². The summed E-state index contributed by atoms with van der Waals surface area (Å²) in [6.07, 6.45) is 2.05. The Labute approximate surface area is 185 Å². The summed E-state index contributed by atoms with van der Waals surface area (Å²) >= 11 is 7.75. The molecule has 10 heteroatoms. The second-order valence-corrected chi connectivity index (χ2v) is 9.06. The van der Waals surface area contributed by atoms with Crippen LogP contribution in [0.1, 0.15) is 28.1 Å². The first-order chi connectivity index (χ1) is 14.5. The zero-order valence-corrected chi connectivity index (χ0v) is 18.7. The van der Waals surface area contributed by atoms with Gasteiger partial charge in [-0.25, -0.2) is 4.98 Å². The number of ether oxygens (including phenoxy) is 2. The first kappa shape index (κ1) is 21.6. The Morgan fingerprint density at radius 2 is 2.10 bits per heavy atom. The van der Waals surface area contributed by atoms with Crippen LogP contribution in [-0.4, -0.2) is 74.4 Å². The van der Waals surface area contributed by atoms with Crippen molar-refractivity contribution in [3.05, 3.63) is 15.5 Å². The van der Waals surface area contributed by atoms with Crippen molar-refractivity contribution < 1.29 is 14.3 Å².